The smallest absolute Gasteiger partial charge is 0.279 e. The SMILES string of the molecule is CCOCCn1c(=NC(=O)c2ccc(S(=O)(=O)N3CCCCCC3)cc2)sc2cc(NC(C)=O)ccc21. The molecule has 0 atom stereocenters. The number of hydrogen-bond acceptors (Lipinski definition) is 6. The van der Waals surface area contributed by atoms with Gasteiger partial charge in [0.2, 0.25) is 15.9 Å². The van der Waals surface area contributed by atoms with Crippen LogP contribution < -0.4 is 10.1 Å². The third-order valence-electron chi connectivity index (χ3n) is 6.17. The van der Waals surface area contributed by atoms with Crippen LogP contribution in [0.4, 0.5) is 5.69 Å². The van der Waals surface area contributed by atoms with Crippen LogP contribution in [0.1, 0.15) is 49.9 Å². The van der Waals surface area contributed by atoms with Crippen molar-refractivity contribution in [1.29, 1.82) is 0 Å². The van der Waals surface area contributed by atoms with Crippen LogP contribution in [0.3, 0.4) is 0 Å². The largest absolute Gasteiger partial charge is 0.380 e. The van der Waals surface area contributed by atoms with E-state index in [9.17, 15) is 18.0 Å². The Morgan fingerprint density at radius 3 is 2.41 bits per heavy atom. The van der Waals surface area contributed by atoms with Gasteiger partial charge < -0.3 is 14.6 Å². The Morgan fingerprint density at radius 1 is 1.05 bits per heavy atom. The lowest BCUT2D eigenvalue weighted by Gasteiger charge is -2.19. The second-order valence-corrected chi connectivity index (χ2v) is 11.8. The number of benzene rings is 2. The number of carbonyl (C=O) groups is 2. The summed E-state index contributed by atoms with van der Waals surface area (Å²) >= 11 is 1.34. The van der Waals surface area contributed by atoms with Gasteiger partial charge in [-0.25, -0.2) is 8.42 Å². The standard InChI is InChI=1S/C26H32N4O5S2/c1-3-35-17-16-30-23-13-10-21(27-19(2)31)18-24(23)36-26(30)28-25(32)20-8-11-22(12-9-20)37(33,34)29-14-6-4-5-7-15-29/h8-13,18H,3-7,14-17H2,1-2H3,(H,27,31). The summed E-state index contributed by atoms with van der Waals surface area (Å²) in [7, 11) is -3.59. The van der Waals surface area contributed by atoms with Gasteiger partial charge in [-0.2, -0.15) is 9.30 Å². The van der Waals surface area contributed by atoms with Gasteiger partial charge in [0.15, 0.2) is 4.80 Å². The van der Waals surface area contributed by atoms with Crippen LogP contribution in [0.25, 0.3) is 10.2 Å². The third-order valence-corrected chi connectivity index (χ3v) is 9.12. The number of carbonyl (C=O) groups excluding carboxylic acids is 2. The summed E-state index contributed by atoms with van der Waals surface area (Å²) in [6.45, 7) is 5.96. The summed E-state index contributed by atoms with van der Waals surface area (Å²) in [5.74, 6) is -0.626. The minimum Gasteiger partial charge on any atom is -0.380 e. The number of anilines is 1. The molecule has 0 radical (unpaired) electrons. The molecule has 198 valence electrons. The first-order valence-corrected chi connectivity index (χ1v) is 14.7. The minimum atomic E-state index is -3.59. The second-order valence-electron chi connectivity index (χ2n) is 8.86. The van der Waals surface area contributed by atoms with Gasteiger partial charge in [-0.1, -0.05) is 24.2 Å². The Labute approximate surface area is 220 Å². The molecular weight excluding hydrogens is 512 g/mol. The van der Waals surface area contributed by atoms with Crippen LogP contribution in [0.2, 0.25) is 0 Å². The molecule has 3 aromatic rings. The molecule has 9 nitrogen and oxygen atoms in total. The van der Waals surface area contributed by atoms with Crippen molar-refractivity contribution in [3.63, 3.8) is 0 Å². The van der Waals surface area contributed by atoms with E-state index in [1.165, 1.54) is 46.8 Å². The van der Waals surface area contributed by atoms with Crippen molar-refractivity contribution in [2.24, 2.45) is 4.99 Å². The molecule has 1 aromatic heterocycles. The van der Waals surface area contributed by atoms with E-state index < -0.39 is 15.9 Å². The van der Waals surface area contributed by atoms with Gasteiger partial charge in [-0.3, -0.25) is 9.59 Å². The number of sulfonamides is 1. The average Bonchev–Trinajstić information content (AvgIpc) is 3.02. The lowest BCUT2D eigenvalue weighted by molar-refractivity contribution is -0.114. The molecule has 1 aliphatic rings. The number of thiazole rings is 1. The Balaban J connectivity index is 1.63. The van der Waals surface area contributed by atoms with Crippen LogP contribution in [-0.4, -0.2) is 55.4 Å². The minimum absolute atomic E-state index is 0.165. The molecule has 11 heteroatoms. The zero-order chi connectivity index (χ0) is 26.4. The monoisotopic (exact) mass is 544 g/mol. The van der Waals surface area contributed by atoms with Crippen LogP contribution in [-0.2, 0) is 26.1 Å². The van der Waals surface area contributed by atoms with Crippen molar-refractivity contribution >= 4 is 49.1 Å². The fraction of sp³-hybridized carbons (Fsp3) is 0.423. The Morgan fingerprint density at radius 2 is 1.76 bits per heavy atom. The first kappa shape index (κ1) is 27.2. The molecule has 0 spiro atoms. The normalized spacial score (nSPS) is 15.6. The average molecular weight is 545 g/mol. The number of nitrogens with zero attached hydrogens (tertiary/aromatic N) is 3. The van der Waals surface area contributed by atoms with Gasteiger partial charge in [-0.15, -0.1) is 0 Å². The van der Waals surface area contributed by atoms with Crippen LogP contribution in [0.15, 0.2) is 52.4 Å². The van der Waals surface area contributed by atoms with Crippen molar-refractivity contribution in [1.82, 2.24) is 8.87 Å². The lowest BCUT2D eigenvalue weighted by Crippen LogP contribution is -2.31. The molecule has 4 rings (SSSR count). The number of aromatic nitrogens is 1. The Kier molecular flexibility index (Phi) is 8.91. The highest BCUT2D eigenvalue weighted by atomic mass is 32.2. The maximum absolute atomic E-state index is 13.1. The van der Waals surface area contributed by atoms with Gasteiger partial charge in [0, 0.05) is 44.4 Å². The molecule has 0 bridgehead atoms. The van der Waals surface area contributed by atoms with E-state index in [0.717, 1.165) is 35.9 Å². The summed E-state index contributed by atoms with van der Waals surface area (Å²) in [5, 5.41) is 2.77. The topological polar surface area (TPSA) is 110 Å². The molecule has 2 heterocycles. The van der Waals surface area contributed by atoms with E-state index in [4.69, 9.17) is 4.74 Å². The highest BCUT2D eigenvalue weighted by molar-refractivity contribution is 7.89. The molecule has 1 N–H and O–H groups in total. The zero-order valence-corrected chi connectivity index (χ0v) is 22.7. The first-order chi connectivity index (χ1) is 17.8. The molecule has 1 aliphatic heterocycles. The third kappa shape index (κ3) is 6.53. The van der Waals surface area contributed by atoms with Crippen molar-refractivity contribution < 1.29 is 22.7 Å². The molecule has 37 heavy (non-hydrogen) atoms. The van der Waals surface area contributed by atoms with Gasteiger partial charge in [0.05, 0.1) is 21.7 Å². The Bertz CT molecular complexity index is 1430. The van der Waals surface area contributed by atoms with E-state index >= 15 is 0 Å². The van der Waals surface area contributed by atoms with Crippen LogP contribution in [0, 0.1) is 0 Å². The summed E-state index contributed by atoms with van der Waals surface area (Å²) in [6, 6.07) is 11.5. The van der Waals surface area contributed by atoms with Gasteiger partial charge in [0.1, 0.15) is 0 Å². The molecule has 1 fully saturated rings. The summed E-state index contributed by atoms with van der Waals surface area (Å²) in [4.78, 5) is 29.6. The number of rotatable bonds is 8. The molecule has 0 aliphatic carbocycles. The molecule has 0 unspecified atom stereocenters. The van der Waals surface area contributed by atoms with Gasteiger partial charge in [-0.05, 0) is 62.2 Å². The molecular formula is C26H32N4O5S2. The Hall–Kier alpha value is -2.86. The van der Waals surface area contributed by atoms with Crippen molar-refractivity contribution in [2.75, 3.05) is 31.6 Å². The maximum Gasteiger partial charge on any atom is 0.279 e. The molecule has 2 amide bonds. The quantitative estimate of drug-likeness (QED) is 0.431. The number of hydrogen-bond donors (Lipinski definition) is 1. The van der Waals surface area contributed by atoms with Gasteiger partial charge in [0.25, 0.3) is 5.91 Å². The van der Waals surface area contributed by atoms with Crippen molar-refractivity contribution in [3.8, 4) is 0 Å². The number of amides is 2. The van der Waals surface area contributed by atoms with E-state index in [2.05, 4.69) is 10.3 Å². The predicted molar refractivity (Wildman–Crippen MR) is 144 cm³/mol. The van der Waals surface area contributed by atoms with E-state index in [1.807, 2.05) is 29.7 Å². The molecule has 0 saturated carbocycles. The summed E-state index contributed by atoms with van der Waals surface area (Å²) < 4.78 is 36.0. The van der Waals surface area contributed by atoms with Crippen LogP contribution in [0.5, 0.6) is 0 Å². The highest BCUT2D eigenvalue weighted by Crippen LogP contribution is 2.23. The lowest BCUT2D eigenvalue weighted by atomic mass is 10.2. The molecule has 2 aromatic carbocycles. The number of ether oxygens (including phenoxy) is 1. The van der Waals surface area contributed by atoms with Crippen molar-refractivity contribution in [2.45, 2.75) is 51.0 Å². The van der Waals surface area contributed by atoms with Crippen molar-refractivity contribution in [3.05, 3.63) is 52.8 Å². The second kappa shape index (κ2) is 12.1. The van der Waals surface area contributed by atoms with Crippen LogP contribution >= 0.6 is 11.3 Å². The van der Waals surface area contributed by atoms with E-state index in [1.54, 1.807) is 0 Å². The summed E-state index contributed by atoms with van der Waals surface area (Å²) in [5.41, 5.74) is 1.85. The van der Waals surface area contributed by atoms with Gasteiger partial charge >= 0.3 is 0 Å². The molecule has 1 saturated heterocycles. The zero-order valence-electron chi connectivity index (χ0n) is 21.1. The van der Waals surface area contributed by atoms with E-state index in [-0.39, 0.29) is 10.8 Å². The number of fused-ring (bicyclic) bond motifs is 1. The maximum atomic E-state index is 13.1. The highest BCUT2D eigenvalue weighted by Gasteiger charge is 2.25. The number of nitrogens with one attached hydrogen (secondary N) is 1. The first-order valence-electron chi connectivity index (χ1n) is 12.5. The summed E-state index contributed by atoms with van der Waals surface area (Å²) in [6.07, 6.45) is 3.80. The van der Waals surface area contributed by atoms with E-state index in [0.29, 0.717) is 48.9 Å². The predicted octanol–water partition coefficient (Wildman–Crippen LogP) is 4.00. The fourth-order valence-electron chi connectivity index (χ4n) is 4.31. The fourth-order valence-corrected chi connectivity index (χ4v) is 6.92.